The molecule has 0 fully saturated rings. The van der Waals surface area contributed by atoms with E-state index in [2.05, 4.69) is 15.6 Å². The number of carbonyl (C=O) groups excluding carboxylic acids is 2. The monoisotopic (exact) mass is 491 g/mol. The van der Waals surface area contributed by atoms with Crippen LogP contribution in [0, 0.1) is 13.8 Å². The molecule has 3 rings (SSSR count). The van der Waals surface area contributed by atoms with Gasteiger partial charge in [-0.3, -0.25) is 25.2 Å². The van der Waals surface area contributed by atoms with Crippen LogP contribution in [0.3, 0.4) is 0 Å². The summed E-state index contributed by atoms with van der Waals surface area (Å²) in [7, 11) is -3.96. The first-order valence-corrected chi connectivity index (χ1v) is 12.4. The van der Waals surface area contributed by atoms with Gasteiger partial charge >= 0.3 is 0 Å². The van der Waals surface area contributed by atoms with Crippen LogP contribution >= 0.6 is 22.9 Å². The number of anilines is 1. The summed E-state index contributed by atoms with van der Waals surface area (Å²) in [5, 5.41) is 0.0477. The Labute approximate surface area is 195 Å². The molecular weight excluding hydrogens is 470 g/mol. The van der Waals surface area contributed by atoms with Crippen LogP contribution in [0.4, 0.5) is 5.69 Å². The van der Waals surface area contributed by atoms with Crippen LogP contribution in [0.1, 0.15) is 43.0 Å². The van der Waals surface area contributed by atoms with Crippen molar-refractivity contribution < 1.29 is 18.0 Å². The maximum Gasteiger partial charge on any atom is 0.279 e. The molecule has 2 aromatic carbocycles. The van der Waals surface area contributed by atoms with Gasteiger partial charge in [0.2, 0.25) is 0 Å². The van der Waals surface area contributed by atoms with Gasteiger partial charge in [0.05, 0.1) is 20.4 Å². The van der Waals surface area contributed by atoms with Crippen molar-refractivity contribution in [1.29, 1.82) is 0 Å². The number of nitrogens with one attached hydrogen (secondary N) is 3. The molecule has 0 aliphatic carbocycles. The number of halogens is 1. The van der Waals surface area contributed by atoms with Gasteiger partial charge in [-0.1, -0.05) is 30.7 Å². The van der Waals surface area contributed by atoms with Gasteiger partial charge in [0.25, 0.3) is 21.8 Å². The van der Waals surface area contributed by atoms with Crippen molar-refractivity contribution in [3.05, 3.63) is 80.0 Å². The summed E-state index contributed by atoms with van der Waals surface area (Å²) in [5.41, 5.74) is 6.85. The van der Waals surface area contributed by atoms with Crippen LogP contribution in [-0.2, 0) is 16.4 Å². The Hall–Kier alpha value is -2.88. The zero-order chi connectivity index (χ0) is 23.5. The quantitative estimate of drug-likeness (QED) is 0.443. The maximum atomic E-state index is 12.8. The minimum atomic E-state index is -3.96. The van der Waals surface area contributed by atoms with Gasteiger partial charge < -0.3 is 0 Å². The van der Waals surface area contributed by atoms with Gasteiger partial charge in [-0.05, 0) is 67.8 Å². The first-order chi connectivity index (χ1) is 15.1. The third-order valence-corrected chi connectivity index (χ3v) is 7.71. The van der Waals surface area contributed by atoms with Gasteiger partial charge in [0.15, 0.2) is 0 Å². The Morgan fingerprint density at radius 1 is 1.00 bits per heavy atom. The number of hydrogen-bond donors (Lipinski definition) is 3. The lowest BCUT2D eigenvalue weighted by Crippen LogP contribution is -2.41. The van der Waals surface area contributed by atoms with Crippen molar-refractivity contribution in [1.82, 2.24) is 10.9 Å². The molecule has 0 saturated carbocycles. The average Bonchev–Trinajstić information content (AvgIpc) is 3.12. The van der Waals surface area contributed by atoms with Crippen LogP contribution < -0.4 is 15.6 Å². The molecule has 0 aliphatic rings. The molecule has 168 valence electrons. The summed E-state index contributed by atoms with van der Waals surface area (Å²) in [4.78, 5) is 26.4. The molecule has 32 heavy (non-hydrogen) atoms. The van der Waals surface area contributed by atoms with Crippen LogP contribution in [0.5, 0.6) is 0 Å². The normalized spacial score (nSPS) is 11.1. The van der Waals surface area contributed by atoms with Gasteiger partial charge in [0, 0.05) is 10.6 Å². The number of amides is 2. The Bertz CT molecular complexity index is 1290. The summed E-state index contributed by atoms with van der Waals surface area (Å²) in [6.07, 6.45) is 0.809. The first kappa shape index (κ1) is 23.8. The van der Waals surface area contributed by atoms with E-state index < -0.39 is 21.8 Å². The predicted molar refractivity (Wildman–Crippen MR) is 127 cm³/mol. The van der Waals surface area contributed by atoms with E-state index in [0.29, 0.717) is 10.6 Å². The first-order valence-electron chi connectivity index (χ1n) is 9.69. The molecule has 1 heterocycles. The molecule has 2 amide bonds. The summed E-state index contributed by atoms with van der Waals surface area (Å²) < 4.78 is 28.0. The van der Waals surface area contributed by atoms with Gasteiger partial charge in [-0.25, -0.2) is 8.42 Å². The number of sulfonamides is 1. The summed E-state index contributed by atoms with van der Waals surface area (Å²) >= 11 is 7.46. The molecule has 0 spiro atoms. The fraction of sp³-hybridized carbons (Fsp3) is 0.182. The molecule has 7 nitrogen and oxygen atoms in total. The minimum absolute atomic E-state index is 0.0477. The number of benzene rings is 2. The lowest BCUT2D eigenvalue weighted by molar-refractivity contribution is 0.0849. The number of carbonyl (C=O) groups is 2. The minimum Gasteiger partial charge on any atom is -0.280 e. The summed E-state index contributed by atoms with van der Waals surface area (Å²) in [6.45, 7) is 5.76. The van der Waals surface area contributed by atoms with Crippen LogP contribution in [-0.4, -0.2) is 20.2 Å². The SMILES string of the molecule is CCc1sc(C(=O)NNC(=O)c2cc(S(=O)(=O)Nc3cccc(C)c3)ccc2Cl)cc1C. The van der Waals surface area contributed by atoms with Crippen molar-refractivity contribution in [2.75, 3.05) is 4.72 Å². The van der Waals surface area contributed by atoms with Crippen LogP contribution in [0.25, 0.3) is 0 Å². The molecule has 0 saturated heterocycles. The third kappa shape index (κ3) is 5.48. The second-order valence-electron chi connectivity index (χ2n) is 7.10. The Balaban J connectivity index is 1.75. The molecular formula is C22H22ClN3O4S2. The number of rotatable bonds is 6. The number of hydrogen-bond acceptors (Lipinski definition) is 5. The highest BCUT2D eigenvalue weighted by Gasteiger charge is 2.20. The molecule has 10 heteroatoms. The van der Waals surface area contributed by atoms with Crippen LogP contribution in [0.2, 0.25) is 5.02 Å². The van der Waals surface area contributed by atoms with Gasteiger partial charge in [-0.2, -0.15) is 0 Å². The van der Waals surface area contributed by atoms with E-state index in [-0.39, 0.29) is 15.5 Å². The van der Waals surface area contributed by atoms with Crippen molar-refractivity contribution >= 4 is 50.5 Å². The van der Waals surface area contributed by atoms with Gasteiger partial charge in [0.1, 0.15) is 0 Å². The second-order valence-corrected chi connectivity index (χ2v) is 10.3. The largest absolute Gasteiger partial charge is 0.280 e. The fourth-order valence-corrected chi connectivity index (χ4v) is 5.28. The molecule has 0 radical (unpaired) electrons. The number of thiophene rings is 1. The van der Waals surface area contributed by atoms with E-state index in [1.807, 2.05) is 26.8 Å². The van der Waals surface area contributed by atoms with Gasteiger partial charge in [-0.15, -0.1) is 11.3 Å². The zero-order valence-corrected chi connectivity index (χ0v) is 20.0. The molecule has 3 N–H and O–H groups in total. The van der Waals surface area contributed by atoms with Crippen molar-refractivity contribution in [2.45, 2.75) is 32.1 Å². The zero-order valence-electron chi connectivity index (χ0n) is 17.7. The molecule has 0 bridgehead atoms. The Morgan fingerprint density at radius 2 is 1.72 bits per heavy atom. The lowest BCUT2D eigenvalue weighted by Gasteiger charge is -2.12. The van der Waals surface area contributed by atoms with Crippen molar-refractivity contribution in [3.8, 4) is 0 Å². The lowest BCUT2D eigenvalue weighted by atomic mass is 10.2. The second kappa shape index (κ2) is 9.72. The Morgan fingerprint density at radius 3 is 2.38 bits per heavy atom. The maximum absolute atomic E-state index is 12.8. The van der Waals surface area contributed by atoms with E-state index in [4.69, 9.17) is 11.6 Å². The van der Waals surface area contributed by atoms with E-state index in [0.717, 1.165) is 28.5 Å². The van der Waals surface area contributed by atoms with E-state index in [1.165, 1.54) is 23.5 Å². The predicted octanol–water partition coefficient (Wildman–Crippen LogP) is 4.46. The highest BCUT2D eigenvalue weighted by Crippen LogP contribution is 2.24. The van der Waals surface area contributed by atoms with Crippen molar-refractivity contribution in [2.24, 2.45) is 0 Å². The molecule has 0 atom stereocenters. The standard InChI is InChI=1S/C22H22ClN3O4S2/c1-4-19-14(3)11-20(31-19)22(28)25-24-21(27)17-12-16(8-9-18(17)23)32(29,30)26-15-7-5-6-13(2)10-15/h5-12,26H,4H2,1-3H3,(H,24,27)(H,25,28). The summed E-state index contributed by atoms with van der Waals surface area (Å²) in [5.74, 6) is -1.20. The van der Waals surface area contributed by atoms with Crippen LogP contribution in [0.15, 0.2) is 53.4 Å². The molecule has 0 unspecified atom stereocenters. The fourth-order valence-electron chi connectivity index (χ4n) is 2.99. The molecule has 1 aromatic heterocycles. The Kier molecular flexibility index (Phi) is 7.22. The van der Waals surface area contributed by atoms with E-state index in [9.17, 15) is 18.0 Å². The highest BCUT2D eigenvalue weighted by molar-refractivity contribution is 7.92. The number of aryl methyl sites for hydroxylation is 3. The van der Waals surface area contributed by atoms with E-state index >= 15 is 0 Å². The highest BCUT2D eigenvalue weighted by atomic mass is 35.5. The van der Waals surface area contributed by atoms with E-state index in [1.54, 1.807) is 24.3 Å². The average molecular weight is 492 g/mol. The smallest absolute Gasteiger partial charge is 0.279 e. The molecule has 0 aliphatic heterocycles. The van der Waals surface area contributed by atoms with Crippen molar-refractivity contribution in [3.63, 3.8) is 0 Å². The topological polar surface area (TPSA) is 104 Å². The number of hydrazine groups is 1. The molecule has 3 aromatic rings. The summed E-state index contributed by atoms with van der Waals surface area (Å²) in [6, 6.07) is 12.4. The third-order valence-electron chi connectivity index (χ3n) is 4.62.